The van der Waals surface area contributed by atoms with Crippen molar-refractivity contribution in [2.75, 3.05) is 17.2 Å². The summed E-state index contributed by atoms with van der Waals surface area (Å²) in [5.41, 5.74) is 8.18. The molecule has 82 valence electrons. The number of para-hydroxylation sites is 1. The third kappa shape index (κ3) is 1.32. The molecule has 0 saturated carbocycles. The van der Waals surface area contributed by atoms with Crippen LogP contribution >= 0.6 is 0 Å². The molecule has 5 nitrogen and oxygen atoms in total. The molecule has 1 aliphatic heterocycles. The zero-order chi connectivity index (χ0) is 11.0. The van der Waals surface area contributed by atoms with Crippen LogP contribution in [0.1, 0.15) is 12.0 Å². The number of hydrogen-bond donors (Lipinski definition) is 1. The van der Waals surface area contributed by atoms with Gasteiger partial charge in [-0.1, -0.05) is 18.2 Å². The van der Waals surface area contributed by atoms with Crippen molar-refractivity contribution in [3.8, 4) is 0 Å². The standard InChI is InChI=1S/C11H12N4O/c12-10-11(14-16-13-10)15-7-3-5-8-4-1-2-6-9(8)15/h1-2,4,6H,3,5,7H2,(H2,12,13). The maximum Gasteiger partial charge on any atom is 0.222 e. The Morgan fingerprint density at radius 2 is 2.12 bits per heavy atom. The zero-order valence-corrected chi connectivity index (χ0v) is 8.76. The van der Waals surface area contributed by atoms with Crippen LogP contribution < -0.4 is 10.6 Å². The fraction of sp³-hybridized carbons (Fsp3) is 0.273. The van der Waals surface area contributed by atoms with E-state index in [1.165, 1.54) is 5.56 Å². The van der Waals surface area contributed by atoms with Gasteiger partial charge in [-0.05, 0) is 34.8 Å². The van der Waals surface area contributed by atoms with E-state index in [1.54, 1.807) is 0 Å². The lowest BCUT2D eigenvalue weighted by molar-refractivity contribution is 0.309. The molecule has 16 heavy (non-hydrogen) atoms. The Labute approximate surface area is 92.8 Å². The van der Waals surface area contributed by atoms with Crippen molar-refractivity contribution in [1.29, 1.82) is 0 Å². The fourth-order valence-electron chi connectivity index (χ4n) is 2.13. The molecule has 0 spiro atoms. The Morgan fingerprint density at radius 1 is 1.25 bits per heavy atom. The molecule has 2 N–H and O–H groups in total. The second kappa shape index (κ2) is 3.52. The molecular weight excluding hydrogens is 204 g/mol. The number of nitrogens with two attached hydrogens (primary N) is 1. The first-order valence-electron chi connectivity index (χ1n) is 5.30. The highest BCUT2D eigenvalue weighted by Crippen LogP contribution is 2.34. The van der Waals surface area contributed by atoms with Gasteiger partial charge in [0.1, 0.15) is 0 Å². The van der Waals surface area contributed by atoms with Gasteiger partial charge in [0, 0.05) is 12.2 Å². The number of aromatic nitrogens is 2. The molecule has 0 atom stereocenters. The highest BCUT2D eigenvalue weighted by Gasteiger charge is 2.22. The molecule has 0 saturated heterocycles. The quantitative estimate of drug-likeness (QED) is 0.786. The van der Waals surface area contributed by atoms with Crippen LogP contribution in [0, 0.1) is 0 Å². The number of fused-ring (bicyclic) bond motifs is 1. The normalized spacial score (nSPS) is 14.9. The second-order valence-corrected chi connectivity index (χ2v) is 3.86. The van der Waals surface area contributed by atoms with Crippen molar-refractivity contribution in [3.05, 3.63) is 29.8 Å². The van der Waals surface area contributed by atoms with Crippen molar-refractivity contribution in [3.63, 3.8) is 0 Å². The molecule has 2 aromatic rings. The summed E-state index contributed by atoms with van der Waals surface area (Å²) >= 11 is 0. The SMILES string of the molecule is Nc1nonc1N1CCCc2ccccc21. The molecule has 0 fully saturated rings. The van der Waals surface area contributed by atoms with Crippen LogP contribution in [-0.2, 0) is 6.42 Å². The number of aryl methyl sites for hydroxylation is 1. The summed E-state index contributed by atoms with van der Waals surface area (Å²) in [5.74, 6) is 0.962. The van der Waals surface area contributed by atoms with Crippen LogP contribution in [0.2, 0.25) is 0 Å². The summed E-state index contributed by atoms with van der Waals surface area (Å²) in [6.07, 6.45) is 2.18. The number of anilines is 3. The molecule has 0 radical (unpaired) electrons. The van der Waals surface area contributed by atoms with E-state index >= 15 is 0 Å². The van der Waals surface area contributed by atoms with Crippen LogP contribution in [0.4, 0.5) is 17.3 Å². The van der Waals surface area contributed by atoms with Crippen molar-refractivity contribution in [2.24, 2.45) is 0 Å². The maximum atomic E-state index is 5.72. The van der Waals surface area contributed by atoms with Gasteiger partial charge in [-0.3, -0.25) is 0 Å². The molecule has 2 heterocycles. The smallest absolute Gasteiger partial charge is 0.222 e. The van der Waals surface area contributed by atoms with Crippen molar-refractivity contribution >= 4 is 17.3 Å². The molecule has 0 aliphatic carbocycles. The first kappa shape index (κ1) is 9.21. The second-order valence-electron chi connectivity index (χ2n) is 3.86. The number of rotatable bonds is 1. The fourth-order valence-corrected chi connectivity index (χ4v) is 2.13. The molecule has 1 aliphatic rings. The van der Waals surface area contributed by atoms with E-state index in [0.29, 0.717) is 11.6 Å². The summed E-state index contributed by atoms with van der Waals surface area (Å²) in [5, 5.41) is 7.47. The Hall–Kier alpha value is -2.04. The average Bonchev–Trinajstić information content (AvgIpc) is 2.75. The Morgan fingerprint density at radius 3 is 2.94 bits per heavy atom. The van der Waals surface area contributed by atoms with E-state index in [4.69, 9.17) is 5.73 Å². The molecule has 0 amide bonds. The average molecular weight is 216 g/mol. The lowest BCUT2D eigenvalue weighted by Gasteiger charge is -2.28. The van der Waals surface area contributed by atoms with Gasteiger partial charge in [0.15, 0.2) is 0 Å². The number of nitrogen functional groups attached to an aromatic ring is 1. The van der Waals surface area contributed by atoms with Gasteiger partial charge in [-0.2, -0.15) is 0 Å². The van der Waals surface area contributed by atoms with E-state index in [2.05, 4.69) is 32.0 Å². The summed E-state index contributed by atoms with van der Waals surface area (Å²) in [7, 11) is 0. The number of benzene rings is 1. The first-order valence-corrected chi connectivity index (χ1v) is 5.30. The Kier molecular flexibility index (Phi) is 2.02. The third-order valence-electron chi connectivity index (χ3n) is 2.86. The van der Waals surface area contributed by atoms with E-state index < -0.39 is 0 Å². The van der Waals surface area contributed by atoms with Crippen LogP contribution in [0.5, 0.6) is 0 Å². The molecule has 5 heteroatoms. The van der Waals surface area contributed by atoms with Gasteiger partial charge in [-0.15, -0.1) is 0 Å². The topological polar surface area (TPSA) is 68.2 Å². The van der Waals surface area contributed by atoms with Gasteiger partial charge in [0.05, 0.1) is 0 Å². The van der Waals surface area contributed by atoms with Crippen molar-refractivity contribution < 1.29 is 4.63 Å². The lowest BCUT2D eigenvalue weighted by Crippen LogP contribution is -2.25. The number of hydrogen-bond acceptors (Lipinski definition) is 5. The molecule has 1 aromatic heterocycles. The summed E-state index contributed by atoms with van der Waals surface area (Å²) < 4.78 is 4.65. The molecular formula is C11H12N4O. The van der Waals surface area contributed by atoms with Crippen LogP contribution in [0.25, 0.3) is 0 Å². The van der Waals surface area contributed by atoms with Crippen molar-refractivity contribution in [2.45, 2.75) is 12.8 Å². The van der Waals surface area contributed by atoms with Crippen molar-refractivity contribution in [1.82, 2.24) is 10.3 Å². The zero-order valence-electron chi connectivity index (χ0n) is 8.76. The first-order chi connectivity index (χ1) is 7.86. The van der Waals surface area contributed by atoms with Gasteiger partial charge in [0.25, 0.3) is 0 Å². The minimum absolute atomic E-state index is 0.344. The van der Waals surface area contributed by atoms with Gasteiger partial charge in [-0.25, -0.2) is 4.63 Å². The molecule has 3 rings (SSSR count). The van der Waals surface area contributed by atoms with Crippen LogP contribution in [0.15, 0.2) is 28.9 Å². The maximum absolute atomic E-state index is 5.72. The minimum Gasteiger partial charge on any atom is -0.378 e. The summed E-state index contributed by atoms with van der Waals surface area (Å²) in [4.78, 5) is 2.06. The van der Waals surface area contributed by atoms with Crippen LogP contribution in [0.3, 0.4) is 0 Å². The van der Waals surface area contributed by atoms with E-state index in [-0.39, 0.29) is 0 Å². The summed E-state index contributed by atoms with van der Waals surface area (Å²) in [6.45, 7) is 0.898. The molecule has 1 aromatic carbocycles. The van der Waals surface area contributed by atoms with E-state index in [9.17, 15) is 0 Å². The summed E-state index contributed by atoms with van der Waals surface area (Å²) in [6, 6.07) is 8.27. The van der Waals surface area contributed by atoms with Crippen LogP contribution in [-0.4, -0.2) is 16.9 Å². The highest BCUT2D eigenvalue weighted by molar-refractivity contribution is 5.71. The van der Waals surface area contributed by atoms with E-state index in [1.807, 2.05) is 12.1 Å². The van der Waals surface area contributed by atoms with Gasteiger partial charge in [0.2, 0.25) is 11.6 Å². The molecule has 0 bridgehead atoms. The third-order valence-corrected chi connectivity index (χ3v) is 2.86. The highest BCUT2D eigenvalue weighted by atomic mass is 16.6. The van der Waals surface area contributed by atoms with E-state index in [0.717, 1.165) is 25.1 Å². The largest absolute Gasteiger partial charge is 0.378 e. The monoisotopic (exact) mass is 216 g/mol. The Balaban J connectivity index is 2.08. The van der Waals surface area contributed by atoms with Gasteiger partial charge >= 0.3 is 0 Å². The van der Waals surface area contributed by atoms with Gasteiger partial charge < -0.3 is 10.6 Å². The predicted molar refractivity (Wildman–Crippen MR) is 60.5 cm³/mol. The lowest BCUT2D eigenvalue weighted by atomic mass is 10.0. The number of nitrogens with zero attached hydrogens (tertiary/aromatic N) is 3. The molecule has 0 unspecified atom stereocenters. The Bertz CT molecular complexity index is 508. The predicted octanol–water partition coefficient (Wildman–Crippen LogP) is 1.74. The minimum atomic E-state index is 0.344.